The molecule has 1 aromatic rings. The van der Waals surface area contributed by atoms with Crippen molar-refractivity contribution in [2.24, 2.45) is 0 Å². The molecule has 0 saturated carbocycles. The SMILES string of the molecule is CO[Si]c1cccc(N)c1. The fraction of sp³-hybridized carbons (Fsp3) is 0.143. The molecule has 0 aromatic heterocycles. The van der Waals surface area contributed by atoms with Gasteiger partial charge in [0.05, 0.1) is 0 Å². The molecule has 2 nitrogen and oxygen atoms in total. The second-order valence-corrected chi connectivity index (χ2v) is 3.12. The molecule has 0 atom stereocenters. The summed E-state index contributed by atoms with van der Waals surface area (Å²) in [7, 11) is 2.09. The first-order valence-corrected chi connectivity index (χ1v) is 3.88. The molecule has 0 saturated heterocycles. The fourth-order valence-electron chi connectivity index (χ4n) is 0.720. The van der Waals surface area contributed by atoms with Crippen molar-refractivity contribution < 1.29 is 4.43 Å². The Morgan fingerprint density at radius 1 is 1.50 bits per heavy atom. The minimum Gasteiger partial charge on any atom is -0.415 e. The highest BCUT2D eigenvalue weighted by Crippen LogP contribution is 1.95. The zero-order valence-corrected chi connectivity index (χ0v) is 6.79. The Morgan fingerprint density at radius 2 is 2.30 bits per heavy atom. The molecule has 0 unspecified atom stereocenters. The van der Waals surface area contributed by atoms with Gasteiger partial charge in [0.2, 0.25) is 0 Å². The first-order chi connectivity index (χ1) is 4.83. The average molecular weight is 151 g/mol. The average Bonchev–Trinajstić information content (AvgIpc) is 1.88. The highest BCUT2D eigenvalue weighted by atomic mass is 28.2. The third kappa shape index (κ3) is 1.86. The van der Waals surface area contributed by atoms with Crippen molar-refractivity contribution in [3.63, 3.8) is 0 Å². The molecule has 1 aromatic carbocycles. The molecule has 3 heteroatoms. The summed E-state index contributed by atoms with van der Waals surface area (Å²) in [5, 5.41) is 1.14. The molecule has 1 rings (SSSR count). The number of hydrogen-bond donors (Lipinski definition) is 1. The van der Waals surface area contributed by atoms with E-state index >= 15 is 0 Å². The van der Waals surface area contributed by atoms with E-state index in [0.29, 0.717) is 9.76 Å². The van der Waals surface area contributed by atoms with Crippen molar-refractivity contribution in [2.75, 3.05) is 12.8 Å². The molecule has 2 radical (unpaired) electrons. The van der Waals surface area contributed by atoms with E-state index in [1.807, 2.05) is 24.3 Å². The quantitative estimate of drug-likeness (QED) is 0.483. The van der Waals surface area contributed by atoms with Crippen LogP contribution in [-0.4, -0.2) is 16.9 Å². The molecule has 0 amide bonds. The van der Waals surface area contributed by atoms with Gasteiger partial charge in [-0.05, 0) is 17.3 Å². The van der Waals surface area contributed by atoms with Crippen LogP contribution in [0.5, 0.6) is 0 Å². The maximum atomic E-state index is 5.54. The van der Waals surface area contributed by atoms with E-state index in [-0.39, 0.29) is 0 Å². The summed E-state index contributed by atoms with van der Waals surface area (Å²) in [5.41, 5.74) is 6.33. The standard InChI is InChI=1S/C7H9NOSi/c1-9-10-7-4-2-3-6(8)5-7/h2-5H,8H2,1H3. The number of nitrogens with two attached hydrogens (primary N) is 1. The van der Waals surface area contributed by atoms with Gasteiger partial charge in [0.1, 0.15) is 0 Å². The third-order valence-electron chi connectivity index (χ3n) is 1.11. The van der Waals surface area contributed by atoms with Crippen molar-refractivity contribution >= 4 is 20.6 Å². The normalized spacial score (nSPS) is 9.70. The Bertz CT molecular complexity index is 215. The lowest BCUT2D eigenvalue weighted by Crippen LogP contribution is -2.15. The number of anilines is 1. The van der Waals surface area contributed by atoms with Crippen LogP contribution in [0, 0.1) is 0 Å². The summed E-state index contributed by atoms with van der Waals surface area (Å²) < 4.78 is 4.96. The number of benzene rings is 1. The van der Waals surface area contributed by atoms with Crippen LogP contribution in [0.2, 0.25) is 0 Å². The van der Waals surface area contributed by atoms with Gasteiger partial charge in [-0.3, -0.25) is 0 Å². The lowest BCUT2D eigenvalue weighted by molar-refractivity contribution is 0.450. The van der Waals surface area contributed by atoms with Crippen molar-refractivity contribution in [2.45, 2.75) is 0 Å². The van der Waals surface area contributed by atoms with E-state index in [9.17, 15) is 0 Å². The Labute approximate surface area is 62.9 Å². The summed E-state index contributed by atoms with van der Waals surface area (Å²) >= 11 is 0. The Balaban J connectivity index is 2.75. The van der Waals surface area contributed by atoms with Gasteiger partial charge in [0.25, 0.3) is 9.76 Å². The maximum absolute atomic E-state index is 5.54. The van der Waals surface area contributed by atoms with Crippen LogP contribution >= 0.6 is 0 Å². The van der Waals surface area contributed by atoms with E-state index in [1.54, 1.807) is 7.11 Å². The highest BCUT2D eigenvalue weighted by molar-refractivity contribution is 6.47. The molecule has 0 bridgehead atoms. The van der Waals surface area contributed by atoms with Gasteiger partial charge in [0, 0.05) is 12.8 Å². The molecule has 0 aliphatic rings. The van der Waals surface area contributed by atoms with Crippen LogP contribution in [0.4, 0.5) is 5.69 Å². The second kappa shape index (κ2) is 3.39. The van der Waals surface area contributed by atoms with Gasteiger partial charge in [-0.2, -0.15) is 0 Å². The molecule has 10 heavy (non-hydrogen) atoms. The fourth-order valence-corrected chi connectivity index (χ4v) is 1.35. The lowest BCUT2D eigenvalue weighted by Gasteiger charge is -1.96. The molecular weight excluding hydrogens is 142 g/mol. The molecule has 0 heterocycles. The van der Waals surface area contributed by atoms with Crippen LogP contribution in [0.1, 0.15) is 0 Å². The molecule has 0 aliphatic heterocycles. The van der Waals surface area contributed by atoms with Crippen LogP contribution in [0.3, 0.4) is 0 Å². The third-order valence-corrected chi connectivity index (χ3v) is 1.86. The number of rotatable bonds is 2. The number of hydrogen-bond acceptors (Lipinski definition) is 2. The van der Waals surface area contributed by atoms with Gasteiger partial charge in [-0.1, -0.05) is 12.1 Å². The Morgan fingerprint density at radius 3 is 2.90 bits per heavy atom. The smallest absolute Gasteiger partial charge is 0.268 e. The van der Waals surface area contributed by atoms with Crippen molar-refractivity contribution in [1.29, 1.82) is 0 Å². The Kier molecular flexibility index (Phi) is 2.47. The summed E-state index contributed by atoms with van der Waals surface area (Å²) in [4.78, 5) is 0. The van der Waals surface area contributed by atoms with Crippen molar-refractivity contribution in [3.05, 3.63) is 24.3 Å². The number of nitrogen functional groups attached to an aromatic ring is 1. The molecule has 0 spiro atoms. The van der Waals surface area contributed by atoms with E-state index in [1.165, 1.54) is 0 Å². The first-order valence-electron chi connectivity index (χ1n) is 2.97. The van der Waals surface area contributed by atoms with Crippen LogP contribution in [-0.2, 0) is 4.43 Å². The van der Waals surface area contributed by atoms with E-state index in [0.717, 1.165) is 10.9 Å². The maximum Gasteiger partial charge on any atom is 0.268 e. The lowest BCUT2D eigenvalue weighted by atomic mass is 10.3. The molecular formula is C7H9NOSi. The zero-order valence-electron chi connectivity index (χ0n) is 5.79. The predicted octanol–water partition coefficient (Wildman–Crippen LogP) is 0.160. The molecule has 0 aliphatic carbocycles. The van der Waals surface area contributed by atoms with E-state index < -0.39 is 0 Å². The topological polar surface area (TPSA) is 35.2 Å². The molecule has 2 N–H and O–H groups in total. The van der Waals surface area contributed by atoms with Gasteiger partial charge >= 0.3 is 0 Å². The minimum atomic E-state index is 0.404. The van der Waals surface area contributed by atoms with Crippen LogP contribution in [0.15, 0.2) is 24.3 Å². The predicted molar refractivity (Wildman–Crippen MR) is 43.3 cm³/mol. The van der Waals surface area contributed by atoms with E-state index in [4.69, 9.17) is 10.2 Å². The minimum absolute atomic E-state index is 0.404. The van der Waals surface area contributed by atoms with Crippen LogP contribution in [0.25, 0.3) is 0 Å². The van der Waals surface area contributed by atoms with Crippen molar-refractivity contribution in [3.8, 4) is 0 Å². The van der Waals surface area contributed by atoms with E-state index in [2.05, 4.69) is 0 Å². The van der Waals surface area contributed by atoms with Crippen LogP contribution < -0.4 is 10.9 Å². The molecule has 52 valence electrons. The largest absolute Gasteiger partial charge is 0.415 e. The monoisotopic (exact) mass is 151 g/mol. The second-order valence-electron chi connectivity index (χ2n) is 1.93. The summed E-state index contributed by atoms with van der Waals surface area (Å²) in [6.07, 6.45) is 0. The summed E-state index contributed by atoms with van der Waals surface area (Å²) in [5.74, 6) is 0. The van der Waals surface area contributed by atoms with Gasteiger partial charge in [-0.25, -0.2) is 0 Å². The van der Waals surface area contributed by atoms with Gasteiger partial charge in [0.15, 0.2) is 0 Å². The van der Waals surface area contributed by atoms with Gasteiger partial charge < -0.3 is 10.2 Å². The first kappa shape index (κ1) is 7.31. The zero-order chi connectivity index (χ0) is 7.40. The molecule has 0 fully saturated rings. The van der Waals surface area contributed by atoms with Crippen molar-refractivity contribution in [1.82, 2.24) is 0 Å². The Hall–Kier alpha value is -0.803. The highest BCUT2D eigenvalue weighted by Gasteiger charge is 1.92. The van der Waals surface area contributed by atoms with Gasteiger partial charge in [-0.15, -0.1) is 0 Å². The summed E-state index contributed by atoms with van der Waals surface area (Å²) in [6.45, 7) is 0. The summed E-state index contributed by atoms with van der Waals surface area (Å²) in [6, 6.07) is 7.71.